The van der Waals surface area contributed by atoms with Gasteiger partial charge in [-0.15, -0.1) is 0 Å². The van der Waals surface area contributed by atoms with Crippen LogP contribution in [0.15, 0.2) is 78.9 Å². The standard InChI is InChI=1S/C30H29ClN4O4/c1-3-39-30(37)26-20-28(35(32-26)27-10-5-4-9-25(27)31)21-11-13-23(14-12-21)33-15-17-34(18-16-33)29(36)22-7-6-8-24(19-22)38-2/h4-14,19-20H,3,15-18H2,1-2H3. The van der Waals surface area contributed by atoms with E-state index >= 15 is 0 Å². The number of halogens is 1. The van der Waals surface area contributed by atoms with Crippen LogP contribution >= 0.6 is 11.6 Å². The Morgan fingerprint density at radius 2 is 1.67 bits per heavy atom. The Hall–Kier alpha value is -4.30. The highest BCUT2D eigenvalue weighted by Gasteiger charge is 2.23. The Morgan fingerprint density at radius 1 is 0.923 bits per heavy atom. The molecule has 3 aromatic carbocycles. The fourth-order valence-electron chi connectivity index (χ4n) is 4.65. The van der Waals surface area contributed by atoms with Crippen LogP contribution in [0, 0.1) is 0 Å². The van der Waals surface area contributed by atoms with Gasteiger partial charge in [0.25, 0.3) is 5.91 Å². The Labute approximate surface area is 232 Å². The molecule has 1 saturated heterocycles. The third-order valence-electron chi connectivity index (χ3n) is 6.69. The van der Waals surface area contributed by atoms with Crippen molar-refractivity contribution in [2.45, 2.75) is 6.92 Å². The second-order valence-electron chi connectivity index (χ2n) is 9.06. The summed E-state index contributed by atoms with van der Waals surface area (Å²) in [6.07, 6.45) is 0. The van der Waals surface area contributed by atoms with Crippen LogP contribution in [0.4, 0.5) is 5.69 Å². The number of anilines is 1. The molecule has 1 aliphatic rings. The van der Waals surface area contributed by atoms with E-state index < -0.39 is 5.97 Å². The van der Waals surface area contributed by atoms with Gasteiger partial charge in [0.2, 0.25) is 0 Å². The molecule has 0 bridgehead atoms. The van der Waals surface area contributed by atoms with Crippen molar-refractivity contribution in [2.24, 2.45) is 0 Å². The normalized spacial score (nSPS) is 13.3. The molecule has 4 aromatic rings. The molecule has 0 aliphatic carbocycles. The van der Waals surface area contributed by atoms with E-state index in [4.69, 9.17) is 21.1 Å². The molecule has 0 spiro atoms. The highest BCUT2D eigenvalue weighted by Crippen LogP contribution is 2.30. The first-order chi connectivity index (χ1) is 19.0. The van der Waals surface area contributed by atoms with Crippen molar-refractivity contribution in [3.05, 3.63) is 95.1 Å². The summed E-state index contributed by atoms with van der Waals surface area (Å²) < 4.78 is 12.1. The van der Waals surface area contributed by atoms with Gasteiger partial charge in [0, 0.05) is 43.0 Å². The van der Waals surface area contributed by atoms with Crippen molar-refractivity contribution in [1.82, 2.24) is 14.7 Å². The van der Waals surface area contributed by atoms with E-state index in [1.807, 2.05) is 65.6 Å². The largest absolute Gasteiger partial charge is 0.497 e. The van der Waals surface area contributed by atoms with Gasteiger partial charge in [-0.1, -0.05) is 41.9 Å². The highest BCUT2D eigenvalue weighted by molar-refractivity contribution is 6.32. The van der Waals surface area contributed by atoms with Gasteiger partial charge in [0.1, 0.15) is 5.75 Å². The summed E-state index contributed by atoms with van der Waals surface area (Å²) in [7, 11) is 1.59. The average Bonchev–Trinajstić information content (AvgIpc) is 3.43. The van der Waals surface area contributed by atoms with Crippen LogP contribution in [0.1, 0.15) is 27.8 Å². The van der Waals surface area contributed by atoms with Gasteiger partial charge >= 0.3 is 5.97 Å². The van der Waals surface area contributed by atoms with E-state index in [9.17, 15) is 9.59 Å². The maximum absolute atomic E-state index is 13.0. The van der Waals surface area contributed by atoms with Gasteiger partial charge < -0.3 is 19.3 Å². The summed E-state index contributed by atoms with van der Waals surface area (Å²) in [4.78, 5) is 29.6. The van der Waals surface area contributed by atoms with Crippen LogP contribution in [0.2, 0.25) is 5.02 Å². The first-order valence-corrected chi connectivity index (χ1v) is 13.2. The van der Waals surface area contributed by atoms with Crippen LogP contribution in [0.5, 0.6) is 5.75 Å². The van der Waals surface area contributed by atoms with Crippen LogP contribution in [0.3, 0.4) is 0 Å². The number of rotatable bonds is 7. The average molecular weight is 545 g/mol. The Bertz CT molecular complexity index is 1480. The van der Waals surface area contributed by atoms with Gasteiger partial charge in [-0.2, -0.15) is 5.10 Å². The summed E-state index contributed by atoms with van der Waals surface area (Å²) in [5.74, 6) is 0.196. The van der Waals surface area contributed by atoms with Gasteiger partial charge in [0.15, 0.2) is 5.69 Å². The Balaban J connectivity index is 1.33. The van der Waals surface area contributed by atoms with Crippen molar-refractivity contribution in [2.75, 3.05) is 44.8 Å². The van der Waals surface area contributed by atoms with E-state index in [1.165, 1.54) is 0 Å². The van der Waals surface area contributed by atoms with E-state index in [2.05, 4.69) is 10.00 Å². The summed E-state index contributed by atoms with van der Waals surface area (Å²) in [6.45, 7) is 4.72. The van der Waals surface area contributed by atoms with Crippen LogP contribution in [-0.4, -0.2) is 66.5 Å². The molecule has 0 radical (unpaired) electrons. The number of amides is 1. The maximum atomic E-state index is 13.0. The number of aromatic nitrogens is 2. The second-order valence-corrected chi connectivity index (χ2v) is 9.46. The van der Waals surface area contributed by atoms with Crippen molar-refractivity contribution < 1.29 is 19.1 Å². The number of methoxy groups -OCH3 is 1. The van der Waals surface area contributed by atoms with E-state index in [-0.39, 0.29) is 18.2 Å². The van der Waals surface area contributed by atoms with Crippen LogP contribution in [0.25, 0.3) is 16.9 Å². The zero-order chi connectivity index (χ0) is 27.4. The lowest BCUT2D eigenvalue weighted by Gasteiger charge is -2.36. The molecular formula is C30H29ClN4O4. The van der Waals surface area contributed by atoms with Crippen molar-refractivity contribution in [1.29, 1.82) is 0 Å². The van der Waals surface area contributed by atoms with E-state index in [0.717, 1.165) is 30.0 Å². The minimum absolute atomic E-state index is 0.00846. The lowest BCUT2D eigenvalue weighted by atomic mass is 10.1. The van der Waals surface area contributed by atoms with Gasteiger partial charge in [-0.05, 0) is 55.5 Å². The molecule has 1 fully saturated rings. The first kappa shape index (κ1) is 26.3. The number of esters is 1. The number of carbonyl (C=O) groups excluding carboxylic acids is 2. The smallest absolute Gasteiger partial charge is 0.358 e. The summed E-state index contributed by atoms with van der Waals surface area (Å²) in [5.41, 5.74) is 4.18. The number of ether oxygens (including phenoxy) is 2. The quantitative estimate of drug-likeness (QED) is 0.292. The van der Waals surface area contributed by atoms with Gasteiger partial charge in [0.05, 0.1) is 30.1 Å². The molecule has 1 aromatic heterocycles. The van der Waals surface area contributed by atoms with Crippen LogP contribution < -0.4 is 9.64 Å². The number of hydrogen-bond acceptors (Lipinski definition) is 6. The number of nitrogens with zero attached hydrogens (tertiary/aromatic N) is 4. The predicted octanol–water partition coefficient (Wildman–Crippen LogP) is 5.34. The molecule has 9 heteroatoms. The first-order valence-electron chi connectivity index (χ1n) is 12.8. The number of hydrogen-bond donors (Lipinski definition) is 0. The number of benzene rings is 3. The minimum Gasteiger partial charge on any atom is -0.497 e. The van der Waals surface area contributed by atoms with E-state index in [1.54, 1.807) is 36.9 Å². The predicted molar refractivity (Wildman–Crippen MR) is 151 cm³/mol. The fourth-order valence-corrected chi connectivity index (χ4v) is 4.86. The number of piperazine rings is 1. The highest BCUT2D eigenvalue weighted by atomic mass is 35.5. The summed E-state index contributed by atoms with van der Waals surface area (Å²) >= 11 is 6.47. The maximum Gasteiger partial charge on any atom is 0.358 e. The lowest BCUT2D eigenvalue weighted by Crippen LogP contribution is -2.48. The summed E-state index contributed by atoms with van der Waals surface area (Å²) in [6, 6.07) is 24.4. The lowest BCUT2D eigenvalue weighted by molar-refractivity contribution is 0.0518. The molecule has 0 unspecified atom stereocenters. The zero-order valence-corrected chi connectivity index (χ0v) is 22.6. The number of para-hydroxylation sites is 1. The van der Waals surface area contributed by atoms with Crippen molar-refractivity contribution in [3.8, 4) is 22.7 Å². The zero-order valence-electron chi connectivity index (χ0n) is 21.8. The molecule has 1 aliphatic heterocycles. The molecule has 2 heterocycles. The molecule has 5 rings (SSSR count). The monoisotopic (exact) mass is 544 g/mol. The van der Waals surface area contributed by atoms with E-state index in [0.29, 0.717) is 35.1 Å². The summed E-state index contributed by atoms with van der Waals surface area (Å²) in [5, 5.41) is 5.03. The molecule has 8 nitrogen and oxygen atoms in total. The number of carbonyl (C=O) groups is 2. The third-order valence-corrected chi connectivity index (χ3v) is 7.01. The molecule has 39 heavy (non-hydrogen) atoms. The Morgan fingerprint density at radius 3 is 2.36 bits per heavy atom. The van der Waals surface area contributed by atoms with Crippen molar-refractivity contribution in [3.63, 3.8) is 0 Å². The second kappa shape index (κ2) is 11.6. The molecule has 0 saturated carbocycles. The molecular weight excluding hydrogens is 516 g/mol. The molecule has 200 valence electrons. The molecule has 1 amide bonds. The SMILES string of the molecule is CCOC(=O)c1cc(-c2ccc(N3CCN(C(=O)c4cccc(OC)c4)CC3)cc2)n(-c2ccccc2Cl)n1. The van der Waals surface area contributed by atoms with Gasteiger partial charge in [-0.25, -0.2) is 9.48 Å². The molecule has 0 N–H and O–H groups in total. The third kappa shape index (κ3) is 5.61. The Kier molecular flexibility index (Phi) is 7.84. The minimum atomic E-state index is -0.484. The molecule has 0 atom stereocenters. The fraction of sp³-hybridized carbons (Fsp3) is 0.233. The van der Waals surface area contributed by atoms with Crippen LogP contribution in [-0.2, 0) is 4.74 Å². The van der Waals surface area contributed by atoms with Crippen molar-refractivity contribution >= 4 is 29.2 Å². The van der Waals surface area contributed by atoms with Gasteiger partial charge in [-0.3, -0.25) is 4.79 Å². The topological polar surface area (TPSA) is 76.9 Å².